The minimum Gasteiger partial charge on any atom is -0.350 e. The number of nitrogens with zero attached hydrogens (tertiary/aromatic N) is 1. The number of benzene rings is 2. The Morgan fingerprint density at radius 3 is 2.43 bits per heavy atom. The highest BCUT2D eigenvalue weighted by Gasteiger charge is 2.15. The molecular weight excluding hydrogens is 350 g/mol. The van der Waals surface area contributed by atoms with E-state index >= 15 is 0 Å². The molecule has 5 nitrogen and oxygen atoms in total. The van der Waals surface area contributed by atoms with Crippen molar-refractivity contribution in [1.29, 1.82) is 0 Å². The number of carbonyl (C=O) groups is 2. The van der Waals surface area contributed by atoms with E-state index in [0.29, 0.717) is 12.0 Å². The number of hydrogen-bond donors (Lipinski definition) is 2. The van der Waals surface area contributed by atoms with Crippen LogP contribution in [0.25, 0.3) is 22.2 Å². The molecule has 28 heavy (non-hydrogen) atoms. The van der Waals surface area contributed by atoms with Gasteiger partial charge in [0.05, 0.1) is 16.8 Å². The first-order valence-electron chi connectivity index (χ1n) is 9.62. The predicted molar refractivity (Wildman–Crippen MR) is 113 cm³/mol. The highest BCUT2D eigenvalue weighted by molar-refractivity contribution is 6.07. The second kappa shape index (κ2) is 8.65. The number of aromatic nitrogens is 1. The number of hydrogen-bond acceptors (Lipinski definition) is 3. The number of para-hydroxylation sites is 1. The van der Waals surface area contributed by atoms with Crippen LogP contribution in [0.15, 0.2) is 54.6 Å². The molecule has 0 aliphatic carbocycles. The van der Waals surface area contributed by atoms with Crippen molar-refractivity contribution in [3.05, 3.63) is 60.2 Å². The molecule has 0 aliphatic heterocycles. The van der Waals surface area contributed by atoms with Gasteiger partial charge >= 0.3 is 0 Å². The van der Waals surface area contributed by atoms with Gasteiger partial charge in [-0.3, -0.25) is 9.59 Å². The van der Waals surface area contributed by atoms with Gasteiger partial charge in [0, 0.05) is 29.1 Å². The molecule has 0 fully saturated rings. The molecule has 2 aromatic carbocycles. The van der Waals surface area contributed by atoms with Gasteiger partial charge < -0.3 is 10.6 Å². The summed E-state index contributed by atoms with van der Waals surface area (Å²) >= 11 is 0. The second-order valence-electron chi connectivity index (χ2n) is 6.83. The second-order valence-corrected chi connectivity index (χ2v) is 6.83. The van der Waals surface area contributed by atoms with Gasteiger partial charge in [-0.15, -0.1) is 0 Å². The lowest BCUT2D eigenvalue weighted by Gasteiger charge is -2.14. The first kappa shape index (κ1) is 19.5. The zero-order valence-electron chi connectivity index (χ0n) is 16.5. The molecule has 0 saturated carbocycles. The maximum atomic E-state index is 12.8. The fourth-order valence-corrected chi connectivity index (χ4v) is 2.89. The molecule has 2 N–H and O–H groups in total. The summed E-state index contributed by atoms with van der Waals surface area (Å²) in [5.74, 6) is -0.124. The molecule has 3 rings (SSSR count). The van der Waals surface area contributed by atoms with Crippen LogP contribution in [-0.2, 0) is 4.79 Å². The van der Waals surface area contributed by atoms with E-state index < -0.39 is 0 Å². The monoisotopic (exact) mass is 375 g/mol. The minimum absolute atomic E-state index is 0.0272. The number of rotatable bonds is 6. The van der Waals surface area contributed by atoms with Crippen molar-refractivity contribution < 1.29 is 9.59 Å². The average molecular weight is 375 g/mol. The van der Waals surface area contributed by atoms with Crippen LogP contribution in [0.2, 0.25) is 0 Å². The summed E-state index contributed by atoms with van der Waals surface area (Å²) in [6.07, 6.45) is 1.30. The SMILES string of the molecule is CCC(=O)Nc1ccc(-c2cc(C(=O)N[C@H](C)CC)c3ccccc3n2)cc1. The van der Waals surface area contributed by atoms with Gasteiger partial charge in [0.15, 0.2) is 0 Å². The molecule has 0 saturated heterocycles. The molecular formula is C23H25N3O2. The molecule has 2 amide bonds. The molecule has 0 spiro atoms. The fourth-order valence-electron chi connectivity index (χ4n) is 2.89. The summed E-state index contributed by atoms with van der Waals surface area (Å²) in [6, 6.07) is 17.1. The lowest BCUT2D eigenvalue weighted by atomic mass is 10.0. The number of carbonyl (C=O) groups excluding carboxylic acids is 2. The van der Waals surface area contributed by atoms with Gasteiger partial charge in [0.25, 0.3) is 5.91 Å². The number of anilines is 1. The smallest absolute Gasteiger partial charge is 0.252 e. The first-order valence-corrected chi connectivity index (χ1v) is 9.62. The van der Waals surface area contributed by atoms with Gasteiger partial charge in [-0.1, -0.05) is 44.2 Å². The molecule has 5 heteroatoms. The maximum Gasteiger partial charge on any atom is 0.252 e. The lowest BCUT2D eigenvalue weighted by Crippen LogP contribution is -2.32. The Bertz CT molecular complexity index is 996. The molecule has 0 bridgehead atoms. The fraction of sp³-hybridized carbons (Fsp3) is 0.261. The number of pyridine rings is 1. The standard InChI is InChI=1S/C23H25N3O2/c1-4-15(3)24-23(28)19-14-21(26-20-9-7-6-8-18(19)20)16-10-12-17(13-11-16)25-22(27)5-2/h6-15H,4-5H2,1-3H3,(H,24,28)(H,25,27)/t15-/m1/s1. The molecule has 1 atom stereocenters. The Kier molecular flexibility index (Phi) is 6.04. The van der Waals surface area contributed by atoms with Crippen LogP contribution >= 0.6 is 0 Å². The van der Waals surface area contributed by atoms with E-state index in [1.807, 2.05) is 75.4 Å². The molecule has 0 aliphatic rings. The van der Waals surface area contributed by atoms with Crippen molar-refractivity contribution in [1.82, 2.24) is 10.3 Å². The summed E-state index contributed by atoms with van der Waals surface area (Å²) < 4.78 is 0. The first-order chi connectivity index (χ1) is 13.5. The summed E-state index contributed by atoms with van der Waals surface area (Å²) in [4.78, 5) is 29.1. The Balaban J connectivity index is 2.00. The van der Waals surface area contributed by atoms with Crippen molar-refractivity contribution in [2.75, 3.05) is 5.32 Å². The van der Waals surface area contributed by atoms with Crippen molar-refractivity contribution in [3.8, 4) is 11.3 Å². The maximum absolute atomic E-state index is 12.8. The van der Waals surface area contributed by atoms with Crippen LogP contribution in [0.3, 0.4) is 0 Å². The van der Waals surface area contributed by atoms with E-state index in [1.54, 1.807) is 0 Å². The third-order valence-corrected chi connectivity index (χ3v) is 4.74. The van der Waals surface area contributed by atoms with E-state index in [4.69, 9.17) is 4.98 Å². The number of fused-ring (bicyclic) bond motifs is 1. The number of amides is 2. The van der Waals surface area contributed by atoms with Crippen LogP contribution < -0.4 is 10.6 Å². The van der Waals surface area contributed by atoms with Crippen LogP contribution in [0, 0.1) is 0 Å². The van der Waals surface area contributed by atoms with Gasteiger partial charge in [-0.25, -0.2) is 4.98 Å². The minimum atomic E-state index is -0.0963. The zero-order chi connectivity index (χ0) is 20.1. The quantitative estimate of drug-likeness (QED) is 0.651. The molecule has 3 aromatic rings. The van der Waals surface area contributed by atoms with Gasteiger partial charge in [0.2, 0.25) is 5.91 Å². The van der Waals surface area contributed by atoms with E-state index in [1.165, 1.54) is 0 Å². The highest BCUT2D eigenvalue weighted by atomic mass is 16.2. The molecule has 1 aromatic heterocycles. The molecule has 0 unspecified atom stereocenters. The van der Waals surface area contributed by atoms with Crippen LogP contribution in [-0.4, -0.2) is 22.8 Å². The lowest BCUT2D eigenvalue weighted by molar-refractivity contribution is -0.115. The van der Waals surface area contributed by atoms with Gasteiger partial charge in [0.1, 0.15) is 0 Å². The van der Waals surface area contributed by atoms with E-state index in [2.05, 4.69) is 10.6 Å². The predicted octanol–water partition coefficient (Wildman–Crippen LogP) is 4.78. The van der Waals surface area contributed by atoms with E-state index in [9.17, 15) is 9.59 Å². The third-order valence-electron chi connectivity index (χ3n) is 4.74. The largest absolute Gasteiger partial charge is 0.350 e. The van der Waals surface area contributed by atoms with Gasteiger partial charge in [-0.2, -0.15) is 0 Å². The highest BCUT2D eigenvalue weighted by Crippen LogP contribution is 2.26. The van der Waals surface area contributed by atoms with Crippen LogP contribution in [0.1, 0.15) is 44.0 Å². The Hall–Kier alpha value is -3.21. The van der Waals surface area contributed by atoms with Crippen molar-refractivity contribution in [3.63, 3.8) is 0 Å². The summed E-state index contributed by atoms with van der Waals surface area (Å²) in [7, 11) is 0. The summed E-state index contributed by atoms with van der Waals surface area (Å²) in [5.41, 5.74) is 3.74. The molecule has 0 radical (unpaired) electrons. The average Bonchev–Trinajstić information content (AvgIpc) is 2.73. The zero-order valence-corrected chi connectivity index (χ0v) is 16.5. The Morgan fingerprint density at radius 2 is 1.75 bits per heavy atom. The Labute approximate surface area is 165 Å². The van der Waals surface area contributed by atoms with E-state index in [0.717, 1.165) is 34.3 Å². The van der Waals surface area contributed by atoms with E-state index in [-0.39, 0.29) is 17.9 Å². The molecule has 144 valence electrons. The van der Waals surface area contributed by atoms with Crippen LogP contribution in [0.5, 0.6) is 0 Å². The van der Waals surface area contributed by atoms with Crippen molar-refractivity contribution in [2.45, 2.75) is 39.7 Å². The topological polar surface area (TPSA) is 71.1 Å². The summed E-state index contributed by atoms with van der Waals surface area (Å²) in [6.45, 7) is 5.85. The van der Waals surface area contributed by atoms with Crippen molar-refractivity contribution >= 4 is 28.4 Å². The number of nitrogens with one attached hydrogen (secondary N) is 2. The summed E-state index contributed by atoms with van der Waals surface area (Å²) in [5, 5.41) is 6.71. The van der Waals surface area contributed by atoms with Crippen LogP contribution in [0.4, 0.5) is 5.69 Å². The van der Waals surface area contributed by atoms with Crippen molar-refractivity contribution in [2.24, 2.45) is 0 Å². The Morgan fingerprint density at radius 1 is 1.04 bits per heavy atom. The third kappa shape index (κ3) is 4.36. The molecule has 1 heterocycles. The van der Waals surface area contributed by atoms with Gasteiger partial charge in [-0.05, 0) is 37.6 Å². The normalized spacial score (nSPS) is 11.8.